The van der Waals surface area contributed by atoms with Crippen molar-refractivity contribution in [2.24, 2.45) is 11.8 Å². The molecule has 2 aliphatic heterocycles. The highest BCUT2D eigenvalue weighted by molar-refractivity contribution is 5.68. The Balaban J connectivity index is 0.000000421. The number of rotatable bonds is 4. The summed E-state index contributed by atoms with van der Waals surface area (Å²) in [4.78, 5) is 8.56. The van der Waals surface area contributed by atoms with Gasteiger partial charge in [0.15, 0.2) is 23.2 Å². The fraction of sp³-hybridized carbons (Fsp3) is 0.214. The fourth-order valence-corrected chi connectivity index (χ4v) is 4.44. The van der Waals surface area contributed by atoms with Gasteiger partial charge in [-0.1, -0.05) is 35.3 Å². The van der Waals surface area contributed by atoms with Crippen molar-refractivity contribution >= 4 is 0 Å². The molecule has 6 nitrogen and oxygen atoms in total. The van der Waals surface area contributed by atoms with Crippen LogP contribution in [0.3, 0.4) is 0 Å². The minimum absolute atomic E-state index is 0.00481. The minimum Gasteiger partial charge on any atom is -0.359 e. The molecule has 0 bridgehead atoms. The van der Waals surface area contributed by atoms with E-state index in [0.717, 1.165) is 17.2 Å². The van der Waals surface area contributed by atoms with Crippen molar-refractivity contribution in [1.29, 1.82) is 0 Å². The number of hydrogen-bond donors (Lipinski definition) is 0. The summed E-state index contributed by atoms with van der Waals surface area (Å²) in [6.07, 6.45) is 13.4. The Morgan fingerprint density at radius 3 is 2.50 bits per heavy atom. The second kappa shape index (κ2) is 9.00. The molecule has 2 fully saturated rings. The van der Waals surface area contributed by atoms with Gasteiger partial charge in [-0.25, -0.2) is 18.7 Å². The van der Waals surface area contributed by atoms with Gasteiger partial charge in [0.2, 0.25) is 0 Å². The van der Waals surface area contributed by atoms with Gasteiger partial charge in [0, 0.05) is 17.2 Å². The van der Waals surface area contributed by atoms with Crippen LogP contribution in [0, 0.1) is 35.8 Å². The van der Waals surface area contributed by atoms with Gasteiger partial charge in [0.25, 0.3) is 0 Å². The molecule has 3 aromatic rings. The molecule has 2 saturated carbocycles. The van der Waals surface area contributed by atoms with Gasteiger partial charge in [0.1, 0.15) is 23.6 Å². The van der Waals surface area contributed by atoms with Crippen LogP contribution in [0.5, 0.6) is 0 Å². The van der Waals surface area contributed by atoms with E-state index in [4.69, 9.17) is 10.9 Å². The van der Waals surface area contributed by atoms with Crippen LogP contribution >= 0.6 is 0 Å². The second-order valence-corrected chi connectivity index (χ2v) is 9.09. The summed E-state index contributed by atoms with van der Waals surface area (Å²) in [5, 5.41) is 8.39. The molecule has 3 heterocycles. The third kappa shape index (κ3) is 4.24. The molecular weight excluding hydrogens is 460 g/mol. The van der Waals surface area contributed by atoms with Gasteiger partial charge in [-0.05, 0) is 49.3 Å². The second-order valence-electron chi connectivity index (χ2n) is 9.09. The van der Waals surface area contributed by atoms with Gasteiger partial charge in [-0.3, -0.25) is 4.68 Å². The van der Waals surface area contributed by atoms with Crippen LogP contribution in [0.4, 0.5) is 8.78 Å². The normalized spacial score (nSPS) is 17.5. The first-order chi connectivity index (χ1) is 17.6. The Hall–Kier alpha value is -4.38. The lowest BCUT2D eigenvalue weighted by atomic mass is 10.0. The standard InChI is InChI=1S/C23H13F2N5O.C5H8/c1-2-14-6-3-4-7-16(14)19-10-15(31-29-19)12-30-13-21-20(11-26-30)27-23(28-21)17-8-5-9-18(24)22(17)25;1-2-5-3-4(1)5/h1,3-11,13H,12H2;4-5H,1-3H2. The maximum absolute atomic E-state index is 14.1. The van der Waals surface area contributed by atoms with Crippen molar-refractivity contribution in [2.45, 2.75) is 25.8 Å². The van der Waals surface area contributed by atoms with E-state index in [2.05, 4.69) is 26.1 Å². The number of aromatic nitrogens is 5. The Morgan fingerprint density at radius 2 is 1.75 bits per heavy atom. The molecule has 2 aliphatic carbocycles. The summed E-state index contributed by atoms with van der Waals surface area (Å²) in [5.41, 5.74) is 3.11. The third-order valence-corrected chi connectivity index (χ3v) is 6.72. The van der Waals surface area contributed by atoms with Crippen molar-refractivity contribution in [2.75, 3.05) is 0 Å². The summed E-state index contributed by atoms with van der Waals surface area (Å²) in [5.74, 6) is 3.82. The van der Waals surface area contributed by atoms with Crippen molar-refractivity contribution in [3.63, 3.8) is 0 Å². The Labute approximate surface area is 206 Å². The number of halogens is 2. The van der Waals surface area contributed by atoms with Gasteiger partial charge in [0.05, 0.1) is 18.0 Å². The molecule has 0 spiro atoms. The molecule has 1 aromatic heterocycles. The van der Waals surface area contributed by atoms with E-state index >= 15 is 0 Å². The van der Waals surface area contributed by atoms with Crippen LogP contribution < -0.4 is 0 Å². The number of terminal acetylenes is 1. The quantitative estimate of drug-likeness (QED) is 0.302. The van der Waals surface area contributed by atoms with Gasteiger partial charge < -0.3 is 4.52 Å². The molecule has 7 rings (SSSR count). The van der Waals surface area contributed by atoms with Gasteiger partial charge >= 0.3 is 0 Å². The summed E-state index contributed by atoms with van der Waals surface area (Å²) in [7, 11) is 0. The number of fused-ring (bicyclic) bond motifs is 2. The first-order valence-electron chi connectivity index (χ1n) is 11.7. The number of imidazole rings is 1. The fourth-order valence-electron chi connectivity index (χ4n) is 4.44. The predicted molar refractivity (Wildman–Crippen MR) is 130 cm³/mol. The maximum Gasteiger partial charge on any atom is 0.169 e. The molecular formula is C28H21F2N5O. The van der Waals surface area contributed by atoms with Crippen molar-refractivity contribution in [3.05, 3.63) is 83.9 Å². The number of hydrogen-bond acceptors (Lipinski definition) is 5. The molecule has 2 unspecified atom stereocenters. The van der Waals surface area contributed by atoms with E-state index in [1.54, 1.807) is 36.2 Å². The van der Waals surface area contributed by atoms with E-state index < -0.39 is 11.6 Å². The monoisotopic (exact) mass is 481 g/mol. The number of nitrogens with zero attached hydrogens (tertiary/aromatic N) is 5. The Kier molecular flexibility index (Phi) is 5.53. The Morgan fingerprint density at radius 1 is 0.972 bits per heavy atom. The summed E-state index contributed by atoms with van der Waals surface area (Å²) in [6.45, 7) is 0.289. The summed E-state index contributed by atoms with van der Waals surface area (Å²) < 4.78 is 34.6. The largest absolute Gasteiger partial charge is 0.359 e. The molecule has 8 heteroatoms. The molecule has 36 heavy (non-hydrogen) atoms. The topological polar surface area (TPSA) is 69.6 Å². The van der Waals surface area contributed by atoms with Crippen LogP contribution in [0.15, 0.2) is 65.4 Å². The van der Waals surface area contributed by atoms with E-state index in [9.17, 15) is 8.78 Å². The van der Waals surface area contributed by atoms with Crippen LogP contribution in [-0.2, 0) is 6.54 Å². The first-order valence-corrected chi connectivity index (χ1v) is 11.7. The van der Waals surface area contributed by atoms with Crippen molar-refractivity contribution in [3.8, 4) is 46.4 Å². The van der Waals surface area contributed by atoms with Crippen LogP contribution in [0.2, 0.25) is 0 Å². The van der Waals surface area contributed by atoms with Crippen molar-refractivity contribution in [1.82, 2.24) is 24.9 Å². The smallest absolute Gasteiger partial charge is 0.169 e. The first kappa shape index (κ1) is 22.1. The SMILES string of the molecule is C#Cc1ccccc1-c1cc(Cn2cc3nc(-c4cccc(F)c4F)nc-3cn2)on1.C1CC2CC12. The van der Waals surface area contributed by atoms with E-state index in [0.29, 0.717) is 22.8 Å². The molecule has 178 valence electrons. The average molecular weight is 482 g/mol. The van der Waals surface area contributed by atoms with Gasteiger partial charge in [-0.2, -0.15) is 5.10 Å². The molecule has 0 N–H and O–H groups in total. The number of benzene rings is 2. The zero-order valence-corrected chi connectivity index (χ0v) is 19.2. The molecule has 4 aliphatic rings. The van der Waals surface area contributed by atoms with Gasteiger partial charge in [-0.15, -0.1) is 6.42 Å². The molecule has 0 saturated heterocycles. The van der Waals surface area contributed by atoms with Crippen LogP contribution in [0.25, 0.3) is 34.0 Å². The molecule has 2 atom stereocenters. The zero-order valence-electron chi connectivity index (χ0n) is 19.2. The van der Waals surface area contributed by atoms with E-state index in [1.807, 2.05) is 24.3 Å². The summed E-state index contributed by atoms with van der Waals surface area (Å²) >= 11 is 0. The lowest BCUT2D eigenvalue weighted by molar-refractivity contribution is 0.372. The Bertz CT molecular complexity index is 1550. The van der Waals surface area contributed by atoms with E-state index in [1.165, 1.54) is 30.2 Å². The highest BCUT2D eigenvalue weighted by atomic mass is 19.2. The minimum atomic E-state index is -0.986. The summed E-state index contributed by atoms with van der Waals surface area (Å²) in [6, 6.07) is 13.1. The molecule has 0 amide bonds. The molecule has 2 aromatic carbocycles. The third-order valence-electron chi connectivity index (χ3n) is 6.72. The average Bonchev–Trinajstić information content (AvgIpc) is 3.25. The molecule has 0 radical (unpaired) electrons. The van der Waals surface area contributed by atoms with Crippen LogP contribution in [-0.4, -0.2) is 24.9 Å². The zero-order chi connectivity index (χ0) is 24.6. The highest BCUT2D eigenvalue weighted by Gasteiger charge is 2.44. The van der Waals surface area contributed by atoms with Crippen molar-refractivity contribution < 1.29 is 13.3 Å². The highest BCUT2D eigenvalue weighted by Crippen LogP contribution is 2.55. The lowest BCUT2D eigenvalue weighted by Gasteiger charge is -2.04. The maximum atomic E-state index is 14.1. The van der Waals surface area contributed by atoms with E-state index in [-0.39, 0.29) is 17.9 Å². The lowest BCUT2D eigenvalue weighted by Crippen LogP contribution is -2.04. The predicted octanol–water partition coefficient (Wildman–Crippen LogP) is 5.82. The van der Waals surface area contributed by atoms with Crippen LogP contribution in [0.1, 0.15) is 30.6 Å².